The van der Waals surface area contributed by atoms with Crippen LogP contribution in [0.15, 0.2) is 29.2 Å². The molecule has 0 N–H and O–H groups in total. The maximum Gasteiger partial charge on any atom is 0.297 e. The fourth-order valence-electron chi connectivity index (χ4n) is 2.14. The number of rotatable bonds is 3. The van der Waals surface area contributed by atoms with Gasteiger partial charge in [-0.25, -0.2) is 0 Å². The van der Waals surface area contributed by atoms with E-state index < -0.39 is 16.2 Å². The molecule has 0 unspecified atom stereocenters. The first-order chi connectivity index (χ1) is 8.99. The van der Waals surface area contributed by atoms with Crippen molar-refractivity contribution in [2.24, 2.45) is 0 Å². The van der Waals surface area contributed by atoms with E-state index in [0.717, 1.165) is 24.8 Å². The molecule has 1 aromatic rings. The van der Waals surface area contributed by atoms with Gasteiger partial charge in [0.2, 0.25) is 0 Å². The minimum Gasteiger partial charge on any atom is -0.297 e. The van der Waals surface area contributed by atoms with Gasteiger partial charge in [0.1, 0.15) is 6.10 Å². The third-order valence-corrected chi connectivity index (χ3v) is 4.64. The van der Waals surface area contributed by atoms with Gasteiger partial charge in [-0.3, -0.25) is 8.98 Å². The van der Waals surface area contributed by atoms with Gasteiger partial charge < -0.3 is 0 Å². The van der Waals surface area contributed by atoms with E-state index in [4.69, 9.17) is 4.18 Å². The van der Waals surface area contributed by atoms with Gasteiger partial charge in [0.25, 0.3) is 10.1 Å². The minimum atomic E-state index is -3.85. The van der Waals surface area contributed by atoms with Crippen LogP contribution in [0.4, 0.5) is 0 Å². The van der Waals surface area contributed by atoms with E-state index in [1.165, 1.54) is 12.1 Å². The lowest BCUT2D eigenvalue weighted by atomic mass is 10.1. The number of hydrogen-bond acceptors (Lipinski definition) is 4. The number of hydrogen-bond donors (Lipinski definition) is 0. The van der Waals surface area contributed by atoms with Crippen LogP contribution in [0.1, 0.15) is 37.7 Å². The lowest BCUT2D eigenvalue weighted by Gasteiger charge is -2.14. The number of aryl methyl sites for hydroxylation is 1. The van der Waals surface area contributed by atoms with Crippen molar-refractivity contribution in [1.82, 2.24) is 0 Å². The zero-order valence-corrected chi connectivity index (χ0v) is 11.8. The molecule has 1 saturated carbocycles. The highest BCUT2D eigenvalue weighted by atomic mass is 32.2. The van der Waals surface area contributed by atoms with Crippen LogP contribution in [0.5, 0.6) is 0 Å². The predicted molar refractivity (Wildman–Crippen MR) is 71.3 cm³/mol. The standard InChI is InChI=1S/C14H18O4S/c1-11-7-9-12(10-8-11)19(16,17)18-14-6-4-2-3-5-13(14)15/h7-10,14H,2-6H2,1H3/t14-/m1/s1. The SMILES string of the molecule is Cc1ccc(S(=O)(=O)O[C@@H]2CCCCCC2=O)cc1. The molecule has 104 valence electrons. The van der Waals surface area contributed by atoms with Crippen molar-refractivity contribution in [3.05, 3.63) is 29.8 Å². The molecule has 0 aliphatic heterocycles. The quantitative estimate of drug-likeness (QED) is 0.631. The first kappa shape index (κ1) is 14.2. The average molecular weight is 282 g/mol. The van der Waals surface area contributed by atoms with Crippen LogP contribution >= 0.6 is 0 Å². The summed E-state index contributed by atoms with van der Waals surface area (Å²) in [6, 6.07) is 6.44. The van der Waals surface area contributed by atoms with E-state index in [0.29, 0.717) is 12.8 Å². The molecule has 0 saturated heterocycles. The summed E-state index contributed by atoms with van der Waals surface area (Å²) in [4.78, 5) is 11.9. The molecule has 0 spiro atoms. The molecule has 0 bridgehead atoms. The Labute approximate surface area is 113 Å². The smallest absolute Gasteiger partial charge is 0.297 e. The number of carbonyl (C=O) groups excluding carboxylic acids is 1. The summed E-state index contributed by atoms with van der Waals surface area (Å²) in [6.07, 6.45) is 2.70. The Balaban J connectivity index is 2.16. The summed E-state index contributed by atoms with van der Waals surface area (Å²) in [5, 5.41) is 0. The summed E-state index contributed by atoms with van der Waals surface area (Å²) in [5.41, 5.74) is 0.976. The lowest BCUT2D eigenvalue weighted by Crippen LogP contribution is -2.26. The maximum absolute atomic E-state index is 12.1. The summed E-state index contributed by atoms with van der Waals surface area (Å²) in [6.45, 7) is 1.88. The summed E-state index contributed by atoms with van der Waals surface area (Å²) >= 11 is 0. The number of ketones is 1. The Hall–Kier alpha value is -1.20. The average Bonchev–Trinajstić information content (AvgIpc) is 2.55. The van der Waals surface area contributed by atoms with E-state index in [-0.39, 0.29) is 10.7 Å². The zero-order valence-electron chi connectivity index (χ0n) is 11.0. The van der Waals surface area contributed by atoms with Crippen LogP contribution in [0.3, 0.4) is 0 Å². The number of carbonyl (C=O) groups is 1. The highest BCUT2D eigenvalue weighted by Gasteiger charge is 2.28. The largest absolute Gasteiger partial charge is 0.297 e. The second kappa shape index (κ2) is 5.84. The van der Waals surface area contributed by atoms with E-state index in [2.05, 4.69) is 0 Å². The first-order valence-electron chi connectivity index (χ1n) is 6.52. The van der Waals surface area contributed by atoms with Crippen molar-refractivity contribution < 1.29 is 17.4 Å². The van der Waals surface area contributed by atoms with Gasteiger partial charge in [-0.1, -0.05) is 30.5 Å². The molecular formula is C14H18O4S. The lowest BCUT2D eigenvalue weighted by molar-refractivity contribution is -0.125. The third kappa shape index (κ3) is 3.64. The summed E-state index contributed by atoms with van der Waals surface area (Å²) < 4.78 is 29.3. The van der Waals surface area contributed by atoms with Crippen LogP contribution in [0.2, 0.25) is 0 Å². The van der Waals surface area contributed by atoms with Crippen molar-refractivity contribution in [1.29, 1.82) is 0 Å². The second-order valence-corrected chi connectivity index (χ2v) is 6.49. The fraction of sp³-hybridized carbons (Fsp3) is 0.500. The Morgan fingerprint density at radius 2 is 1.79 bits per heavy atom. The van der Waals surface area contributed by atoms with Gasteiger partial charge in [0.05, 0.1) is 4.90 Å². The van der Waals surface area contributed by atoms with Crippen LogP contribution in [0, 0.1) is 6.92 Å². The predicted octanol–water partition coefficient (Wildman–Crippen LogP) is 2.60. The molecule has 0 amide bonds. The molecule has 1 aliphatic rings. The fourth-order valence-corrected chi connectivity index (χ4v) is 3.23. The molecule has 19 heavy (non-hydrogen) atoms. The number of benzene rings is 1. The Bertz CT molecular complexity index is 545. The van der Waals surface area contributed by atoms with Crippen molar-refractivity contribution in [2.75, 3.05) is 0 Å². The minimum absolute atomic E-state index is 0.104. The van der Waals surface area contributed by atoms with E-state index in [1.54, 1.807) is 12.1 Å². The van der Waals surface area contributed by atoms with Gasteiger partial charge in [-0.15, -0.1) is 0 Å². The first-order valence-corrected chi connectivity index (χ1v) is 7.92. The molecule has 0 heterocycles. The van der Waals surface area contributed by atoms with Gasteiger partial charge in [0.15, 0.2) is 5.78 Å². The highest BCUT2D eigenvalue weighted by Crippen LogP contribution is 2.22. The number of Topliss-reactive ketones (excluding diaryl/α,β-unsaturated/α-hetero) is 1. The Morgan fingerprint density at radius 1 is 1.11 bits per heavy atom. The second-order valence-electron chi connectivity index (χ2n) is 4.92. The molecule has 0 aromatic heterocycles. The topological polar surface area (TPSA) is 60.4 Å². The highest BCUT2D eigenvalue weighted by molar-refractivity contribution is 7.86. The summed E-state index contributed by atoms with van der Waals surface area (Å²) in [5.74, 6) is -0.104. The van der Waals surface area contributed by atoms with Crippen LogP contribution in [0.25, 0.3) is 0 Å². The zero-order chi connectivity index (χ0) is 13.9. The molecule has 0 radical (unpaired) electrons. The van der Waals surface area contributed by atoms with E-state index >= 15 is 0 Å². The molecule has 1 aromatic carbocycles. The van der Waals surface area contributed by atoms with E-state index in [9.17, 15) is 13.2 Å². The van der Waals surface area contributed by atoms with Crippen LogP contribution in [-0.4, -0.2) is 20.3 Å². The molecule has 2 rings (SSSR count). The van der Waals surface area contributed by atoms with Crippen molar-refractivity contribution >= 4 is 15.9 Å². The molecule has 1 fully saturated rings. The van der Waals surface area contributed by atoms with Gasteiger partial charge in [0, 0.05) is 6.42 Å². The van der Waals surface area contributed by atoms with Gasteiger partial charge in [-0.2, -0.15) is 8.42 Å². The molecule has 5 heteroatoms. The third-order valence-electron chi connectivity index (χ3n) is 3.30. The Kier molecular flexibility index (Phi) is 4.37. The van der Waals surface area contributed by atoms with Crippen LogP contribution < -0.4 is 0 Å². The molecule has 4 nitrogen and oxygen atoms in total. The van der Waals surface area contributed by atoms with Crippen molar-refractivity contribution in [3.8, 4) is 0 Å². The van der Waals surface area contributed by atoms with Crippen LogP contribution in [-0.2, 0) is 19.1 Å². The summed E-state index contributed by atoms with van der Waals surface area (Å²) in [7, 11) is -3.85. The Morgan fingerprint density at radius 3 is 2.47 bits per heavy atom. The normalized spacial score (nSPS) is 21.1. The van der Waals surface area contributed by atoms with Gasteiger partial charge >= 0.3 is 0 Å². The molecular weight excluding hydrogens is 264 g/mol. The van der Waals surface area contributed by atoms with E-state index in [1.807, 2.05) is 6.92 Å². The van der Waals surface area contributed by atoms with Crippen molar-refractivity contribution in [3.63, 3.8) is 0 Å². The monoisotopic (exact) mass is 282 g/mol. The maximum atomic E-state index is 12.1. The van der Waals surface area contributed by atoms with Gasteiger partial charge in [-0.05, 0) is 31.9 Å². The molecule has 1 aliphatic carbocycles. The van der Waals surface area contributed by atoms with Crippen molar-refractivity contribution in [2.45, 2.75) is 50.0 Å². The molecule has 1 atom stereocenters.